The van der Waals surface area contributed by atoms with Crippen LogP contribution in [0, 0.1) is 25.2 Å². The maximum atomic E-state index is 5.47. The molecule has 0 atom stereocenters. The van der Waals surface area contributed by atoms with E-state index in [0.29, 0.717) is 0 Å². The van der Waals surface area contributed by atoms with Crippen molar-refractivity contribution in [1.29, 1.82) is 0 Å². The zero-order chi connectivity index (χ0) is 13.0. The van der Waals surface area contributed by atoms with Gasteiger partial charge in [0.2, 0.25) is 0 Å². The molecule has 1 N–H and O–H groups in total. The molecule has 1 aliphatic carbocycles. The number of nitrogens with one attached hydrogen (secondary N) is 1. The lowest BCUT2D eigenvalue weighted by Crippen LogP contribution is -2.26. The lowest BCUT2D eigenvalue weighted by atomic mass is 10.2. The zero-order valence-corrected chi connectivity index (χ0v) is 12.1. The minimum absolute atomic E-state index is 0.771. The normalized spacial score (nSPS) is 15.0. The Morgan fingerprint density at radius 2 is 2.33 bits per heavy atom. The number of thiophene rings is 1. The molecular formula is C15H22N2S. The molecule has 1 saturated carbocycles. The second-order valence-electron chi connectivity index (χ2n) is 5.14. The molecule has 0 unspecified atom stereocenters. The molecule has 1 aromatic rings. The van der Waals surface area contributed by atoms with Gasteiger partial charge in [-0.2, -0.15) is 0 Å². The Balaban J connectivity index is 1.98. The molecule has 1 aromatic heterocycles. The fraction of sp³-hybridized carbons (Fsp3) is 0.600. The Kier molecular flexibility index (Phi) is 4.82. The zero-order valence-electron chi connectivity index (χ0n) is 11.3. The van der Waals surface area contributed by atoms with Crippen LogP contribution < -0.4 is 5.32 Å². The number of aryl methyl sites for hydroxylation is 1. The predicted octanol–water partition coefficient (Wildman–Crippen LogP) is 2.62. The van der Waals surface area contributed by atoms with Gasteiger partial charge < -0.3 is 5.32 Å². The van der Waals surface area contributed by atoms with Crippen LogP contribution in [0.25, 0.3) is 0 Å². The Labute approximate surface area is 114 Å². The van der Waals surface area contributed by atoms with Crippen LogP contribution in [0.1, 0.15) is 28.2 Å². The van der Waals surface area contributed by atoms with Gasteiger partial charge in [0.05, 0.1) is 6.54 Å². The van der Waals surface area contributed by atoms with Crippen molar-refractivity contribution in [3.05, 3.63) is 21.4 Å². The van der Waals surface area contributed by atoms with E-state index >= 15 is 0 Å². The van der Waals surface area contributed by atoms with Gasteiger partial charge in [-0.3, -0.25) is 4.90 Å². The van der Waals surface area contributed by atoms with E-state index in [1.165, 1.54) is 34.7 Å². The maximum Gasteiger partial charge on any atom is 0.0601 e. The first-order valence-corrected chi connectivity index (χ1v) is 7.43. The quantitative estimate of drug-likeness (QED) is 0.760. The molecule has 0 radical (unpaired) electrons. The summed E-state index contributed by atoms with van der Waals surface area (Å²) in [6.07, 6.45) is 8.24. The summed E-state index contributed by atoms with van der Waals surface area (Å²) in [5.74, 6) is 3.69. The second-order valence-corrected chi connectivity index (χ2v) is 6.48. The number of terminal acetylenes is 1. The van der Waals surface area contributed by atoms with Crippen LogP contribution in [0.15, 0.2) is 6.07 Å². The largest absolute Gasteiger partial charge is 0.315 e. The highest BCUT2D eigenvalue weighted by Crippen LogP contribution is 2.31. The fourth-order valence-electron chi connectivity index (χ4n) is 2.23. The topological polar surface area (TPSA) is 15.3 Å². The van der Waals surface area contributed by atoms with E-state index in [9.17, 15) is 0 Å². The summed E-state index contributed by atoms with van der Waals surface area (Å²) >= 11 is 1.89. The molecule has 2 rings (SSSR count). The molecule has 1 fully saturated rings. The van der Waals surface area contributed by atoms with Crippen LogP contribution in [-0.4, -0.2) is 25.0 Å². The van der Waals surface area contributed by atoms with E-state index < -0.39 is 0 Å². The first-order valence-electron chi connectivity index (χ1n) is 6.61. The SMILES string of the molecule is C#CCN(Cc1cc(CNC)sc1C)CC1CC1. The summed E-state index contributed by atoms with van der Waals surface area (Å²) in [7, 11) is 1.99. The molecular weight excluding hydrogens is 240 g/mol. The molecule has 18 heavy (non-hydrogen) atoms. The van der Waals surface area contributed by atoms with Crippen LogP contribution >= 0.6 is 11.3 Å². The molecule has 0 saturated heterocycles. The van der Waals surface area contributed by atoms with E-state index in [1.807, 2.05) is 18.4 Å². The third-order valence-electron chi connectivity index (χ3n) is 3.34. The summed E-state index contributed by atoms with van der Waals surface area (Å²) in [5.41, 5.74) is 1.45. The third-order valence-corrected chi connectivity index (χ3v) is 4.44. The van der Waals surface area contributed by atoms with Crippen molar-refractivity contribution < 1.29 is 0 Å². The van der Waals surface area contributed by atoms with Gasteiger partial charge >= 0.3 is 0 Å². The average molecular weight is 262 g/mol. The van der Waals surface area contributed by atoms with Crippen molar-refractivity contribution >= 4 is 11.3 Å². The molecule has 0 aliphatic heterocycles. The molecule has 0 amide bonds. The summed E-state index contributed by atoms with van der Waals surface area (Å²) in [4.78, 5) is 5.26. The van der Waals surface area contributed by atoms with E-state index in [1.54, 1.807) is 0 Å². The minimum Gasteiger partial charge on any atom is -0.315 e. The Bertz CT molecular complexity index is 426. The Morgan fingerprint density at radius 3 is 2.94 bits per heavy atom. The van der Waals surface area contributed by atoms with Gasteiger partial charge in [-0.25, -0.2) is 0 Å². The predicted molar refractivity (Wildman–Crippen MR) is 78.7 cm³/mol. The van der Waals surface area contributed by atoms with Crippen molar-refractivity contribution in [2.45, 2.75) is 32.9 Å². The van der Waals surface area contributed by atoms with Gasteiger partial charge in [0.15, 0.2) is 0 Å². The highest BCUT2D eigenvalue weighted by atomic mass is 32.1. The molecule has 0 bridgehead atoms. The minimum atomic E-state index is 0.771. The van der Waals surface area contributed by atoms with E-state index in [0.717, 1.165) is 25.6 Å². The number of hydrogen-bond donors (Lipinski definition) is 1. The third kappa shape index (κ3) is 3.84. The summed E-state index contributed by atoms with van der Waals surface area (Å²) in [6, 6.07) is 2.33. The first-order chi connectivity index (χ1) is 8.72. The van der Waals surface area contributed by atoms with Crippen LogP contribution in [0.5, 0.6) is 0 Å². The Morgan fingerprint density at radius 1 is 1.56 bits per heavy atom. The molecule has 98 valence electrons. The lowest BCUT2D eigenvalue weighted by molar-refractivity contribution is 0.286. The highest BCUT2D eigenvalue weighted by Gasteiger charge is 2.24. The molecule has 1 heterocycles. The number of hydrogen-bond acceptors (Lipinski definition) is 3. The van der Waals surface area contributed by atoms with Crippen molar-refractivity contribution in [3.63, 3.8) is 0 Å². The van der Waals surface area contributed by atoms with Crippen molar-refractivity contribution in [2.75, 3.05) is 20.1 Å². The van der Waals surface area contributed by atoms with E-state index in [4.69, 9.17) is 6.42 Å². The van der Waals surface area contributed by atoms with E-state index in [-0.39, 0.29) is 0 Å². The van der Waals surface area contributed by atoms with Gasteiger partial charge in [0, 0.05) is 29.4 Å². The van der Waals surface area contributed by atoms with Crippen molar-refractivity contribution in [3.8, 4) is 12.3 Å². The summed E-state index contributed by atoms with van der Waals surface area (Å²) in [5, 5.41) is 3.21. The van der Waals surface area contributed by atoms with Gasteiger partial charge in [-0.05, 0) is 44.4 Å². The van der Waals surface area contributed by atoms with Gasteiger partial charge in [-0.1, -0.05) is 5.92 Å². The molecule has 2 nitrogen and oxygen atoms in total. The van der Waals surface area contributed by atoms with Crippen LogP contribution in [0.4, 0.5) is 0 Å². The summed E-state index contributed by atoms with van der Waals surface area (Å²) < 4.78 is 0. The average Bonchev–Trinajstić information content (AvgIpc) is 3.06. The van der Waals surface area contributed by atoms with Crippen LogP contribution in [0.2, 0.25) is 0 Å². The van der Waals surface area contributed by atoms with Crippen molar-refractivity contribution in [1.82, 2.24) is 10.2 Å². The monoisotopic (exact) mass is 262 g/mol. The van der Waals surface area contributed by atoms with Gasteiger partial charge in [-0.15, -0.1) is 17.8 Å². The summed E-state index contributed by atoms with van der Waals surface area (Å²) in [6.45, 7) is 6.12. The molecule has 0 aromatic carbocycles. The van der Waals surface area contributed by atoms with Gasteiger partial charge in [0.1, 0.15) is 0 Å². The highest BCUT2D eigenvalue weighted by molar-refractivity contribution is 7.12. The molecule has 1 aliphatic rings. The standard InChI is InChI=1S/C15H22N2S/c1-4-7-17(10-13-5-6-13)11-14-8-15(9-16-3)18-12(14)2/h1,8,13,16H,5-7,9-11H2,2-3H3. The molecule has 3 heteroatoms. The van der Waals surface area contributed by atoms with E-state index in [2.05, 4.69) is 29.1 Å². The first kappa shape index (κ1) is 13.6. The Hall–Kier alpha value is -0.820. The fourth-order valence-corrected chi connectivity index (χ4v) is 3.29. The van der Waals surface area contributed by atoms with Crippen molar-refractivity contribution in [2.24, 2.45) is 5.92 Å². The van der Waals surface area contributed by atoms with Crippen LogP contribution in [-0.2, 0) is 13.1 Å². The smallest absolute Gasteiger partial charge is 0.0601 e. The number of nitrogens with zero attached hydrogens (tertiary/aromatic N) is 1. The van der Waals surface area contributed by atoms with Gasteiger partial charge in [0.25, 0.3) is 0 Å². The second kappa shape index (κ2) is 6.38. The maximum absolute atomic E-state index is 5.47. The molecule has 0 spiro atoms. The lowest BCUT2D eigenvalue weighted by Gasteiger charge is -2.19. The van der Waals surface area contributed by atoms with Crippen LogP contribution in [0.3, 0.4) is 0 Å². The number of rotatable bonds is 7.